The summed E-state index contributed by atoms with van der Waals surface area (Å²) in [5, 5.41) is 9.46. The van der Waals surface area contributed by atoms with E-state index >= 15 is 0 Å². The smallest absolute Gasteiger partial charge is 0.115 e. The largest absolute Gasteiger partial charge is 0.508 e. The number of hydrogen-bond donors (Lipinski definition) is 1. The van der Waals surface area contributed by atoms with Gasteiger partial charge in [-0.3, -0.25) is 0 Å². The Labute approximate surface area is 157 Å². The number of hydrogen-bond acceptors (Lipinski definition) is 1. The predicted octanol–water partition coefficient (Wildman–Crippen LogP) is 6.77. The molecule has 0 aliphatic heterocycles. The molecule has 2 aliphatic rings. The van der Waals surface area contributed by atoms with Crippen molar-refractivity contribution < 1.29 is 5.11 Å². The molecule has 26 heavy (non-hydrogen) atoms. The van der Waals surface area contributed by atoms with E-state index in [4.69, 9.17) is 0 Å². The van der Waals surface area contributed by atoms with Crippen LogP contribution in [0, 0.1) is 18.8 Å². The number of aryl methyl sites for hydroxylation is 1. The average Bonchev–Trinajstić information content (AvgIpc) is 2.70. The SMILES string of the molecule is Cc1ccc(C2=CCC(C3CC=C(c4ccc(O)cc4)CC3)CC2)cc1. The van der Waals surface area contributed by atoms with E-state index in [9.17, 15) is 5.11 Å². The minimum atomic E-state index is 0.349. The van der Waals surface area contributed by atoms with Crippen LogP contribution in [-0.2, 0) is 0 Å². The van der Waals surface area contributed by atoms with Crippen LogP contribution in [0.5, 0.6) is 5.75 Å². The van der Waals surface area contributed by atoms with Crippen molar-refractivity contribution >= 4 is 11.1 Å². The van der Waals surface area contributed by atoms with Crippen molar-refractivity contribution in [3.63, 3.8) is 0 Å². The first-order valence-corrected chi connectivity index (χ1v) is 9.93. The maximum Gasteiger partial charge on any atom is 0.115 e. The molecule has 1 N–H and O–H groups in total. The molecule has 2 aromatic rings. The van der Waals surface area contributed by atoms with Crippen LogP contribution < -0.4 is 0 Å². The summed E-state index contributed by atoms with van der Waals surface area (Å²) in [6.07, 6.45) is 12.4. The molecule has 0 bridgehead atoms. The molecule has 0 amide bonds. The summed E-state index contributed by atoms with van der Waals surface area (Å²) in [6, 6.07) is 16.7. The quantitative estimate of drug-likeness (QED) is 0.651. The third kappa shape index (κ3) is 3.77. The van der Waals surface area contributed by atoms with Crippen LogP contribution in [0.1, 0.15) is 55.2 Å². The highest BCUT2D eigenvalue weighted by Crippen LogP contribution is 2.41. The van der Waals surface area contributed by atoms with E-state index in [1.54, 1.807) is 12.1 Å². The standard InChI is InChI=1S/C25H28O/c1-18-2-4-19(5-3-18)20-6-8-21(9-7-20)22-10-12-23(13-11-22)24-14-16-25(26)17-15-24/h2-6,12,14-17,21-22,26H,7-11,13H2,1H3. The van der Waals surface area contributed by atoms with Crippen molar-refractivity contribution in [2.24, 2.45) is 11.8 Å². The number of phenolic OH excluding ortho intramolecular Hbond substituents is 1. The van der Waals surface area contributed by atoms with Crippen LogP contribution in [0.25, 0.3) is 11.1 Å². The molecular weight excluding hydrogens is 316 g/mol. The van der Waals surface area contributed by atoms with Gasteiger partial charge in [0, 0.05) is 0 Å². The normalized spacial score (nSPS) is 23.3. The number of aromatic hydroxyl groups is 1. The van der Waals surface area contributed by atoms with E-state index in [1.165, 1.54) is 66.4 Å². The first kappa shape index (κ1) is 17.1. The average molecular weight is 344 g/mol. The lowest BCUT2D eigenvalue weighted by Crippen LogP contribution is -2.19. The molecule has 0 radical (unpaired) electrons. The van der Waals surface area contributed by atoms with Gasteiger partial charge in [0.25, 0.3) is 0 Å². The fourth-order valence-corrected chi connectivity index (χ4v) is 4.53. The van der Waals surface area contributed by atoms with Crippen LogP contribution in [0.3, 0.4) is 0 Å². The summed E-state index contributed by atoms with van der Waals surface area (Å²) < 4.78 is 0. The maximum absolute atomic E-state index is 9.46. The van der Waals surface area contributed by atoms with Gasteiger partial charge >= 0.3 is 0 Å². The molecule has 0 fully saturated rings. The van der Waals surface area contributed by atoms with Crippen molar-refractivity contribution in [1.82, 2.24) is 0 Å². The zero-order valence-electron chi connectivity index (χ0n) is 15.6. The van der Waals surface area contributed by atoms with Crippen molar-refractivity contribution in [2.75, 3.05) is 0 Å². The van der Waals surface area contributed by atoms with Crippen molar-refractivity contribution in [1.29, 1.82) is 0 Å². The fraction of sp³-hybridized carbons (Fsp3) is 0.360. The van der Waals surface area contributed by atoms with E-state index < -0.39 is 0 Å². The molecule has 1 heteroatoms. The van der Waals surface area contributed by atoms with Crippen molar-refractivity contribution in [3.8, 4) is 5.75 Å². The molecule has 1 nitrogen and oxygen atoms in total. The second kappa shape index (κ2) is 7.53. The number of phenols is 1. The van der Waals surface area contributed by atoms with Gasteiger partial charge in [0.1, 0.15) is 5.75 Å². The van der Waals surface area contributed by atoms with E-state index in [0.29, 0.717) is 5.75 Å². The zero-order valence-corrected chi connectivity index (χ0v) is 15.6. The van der Waals surface area contributed by atoms with Crippen LogP contribution >= 0.6 is 0 Å². The van der Waals surface area contributed by atoms with Gasteiger partial charge in [-0.25, -0.2) is 0 Å². The summed E-state index contributed by atoms with van der Waals surface area (Å²) in [6.45, 7) is 2.15. The monoisotopic (exact) mass is 344 g/mol. The minimum absolute atomic E-state index is 0.349. The van der Waals surface area contributed by atoms with Crippen LogP contribution in [-0.4, -0.2) is 5.11 Å². The number of rotatable bonds is 3. The highest BCUT2D eigenvalue weighted by atomic mass is 16.3. The molecule has 2 unspecified atom stereocenters. The first-order valence-electron chi connectivity index (χ1n) is 9.93. The Bertz CT molecular complexity index is 737. The Morgan fingerprint density at radius 2 is 1.15 bits per heavy atom. The third-order valence-corrected chi connectivity index (χ3v) is 6.23. The van der Waals surface area contributed by atoms with Crippen molar-refractivity contribution in [2.45, 2.75) is 45.4 Å². The highest BCUT2D eigenvalue weighted by molar-refractivity contribution is 5.67. The van der Waals surface area contributed by atoms with E-state index in [2.05, 4.69) is 43.3 Å². The van der Waals surface area contributed by atoms with Crippen LogP contribution in [0.2, 0.25) is 0 Å². The Balaban J connectivity index is 1.38. The van der Waals surface area contributed by atoms with Gasteiger partial charge in [0.05, 0.1) is 0 Å². The molecule has 2 aromatic carbocycles. The second-order valence-corrected chi connectivity index (χ2v) is 7.94. The first-order chi connectivity index (χ1) is 12.7. The molecular formula is C25H28O. The van der Waals surface area contributed by atoms with Gasteiger partial charge < -0.3 is 5.11 Å². The maximum atomic E-state index is 9.46. The van der Waals surface area contributed by atoms with E-state index in [0.717, 1.165) is 11.8 Å². The summed E-state index contributed by atoms with van der Waals surface area (Å²) in [5.74, 6) is 2.01. The molecule has 134 valence electrons. The van der Waals surface area contributed by atoms with Crippen LogP contribution in [0.4, 0.5) is 0 Å². The summed E-state index contributed by atoms with van der Waals surface area (Å²) in [5.41, 5.74) is 7.01. The highest BCUT2D eigenvalue weighted by Gasteiger charge is 2.26. The lowest BCUT2D eigenvalue weighted by Gasteiger charge is -2.32. The van der Waals surface area contributed by atoms with Crippen molar-refractivity contribution in [3.05, 3.63) is 77.4 Å². The minimum Gasteiger partial charge on any atom is -0.508 e. The van der Waals surface area contributed by atoms with Gasteiger partial charge in [-0.1, -0.05) is 54.1 Å². The summed E-state index contributed by atoms with van der Waals surface area (Å²) in [4.78, 5) is 0. The van der Waals surface area contributed by atoms with Gasteiger partial charge in [0.2, 0.25) is 0 Å². The van der Waals surface area contributed by atoms with E-state index in [1.807, 2.05) is 12.1 Å². The molecule has 0 spiro atoms. The van der Waals surface area contributed by atoms with Gasteiger partial charge in [-0.15, -0.1) is 0 Å². The lowest BCUT2D eigenvalue weighted by atomic mass is 9.73. The zero-order chi connectivity index (χ0) is 17.9. The Morgan fingerprint density at radius 1 is 0.692 bits per heavy atom. The Hall–Kier alpha value is -2.28. The lowest BCUT2D eigenvalue weighted by molar-refractivity contribution is 0.292. The van der Waals surface area contributed by atoms with Gasteiger partial charge in [-0.2, -0.15) is 0 Å². The predicted molar refractivity (Wildman–Crippen MR) is 110 cm³/mol. The second-order valence-electron chi connectivity index (χ2n) is 7.94. The summed E-state index contributed by atoms with van der Waals surface area (Å²) in [7, 11) is 0. The van der Waals surface area contributed by atoms with E-state index in [-0.39, 0.29) is 0 Å². The molecule has 0 saturated carbocycles. The Kier molecular flexibility index (Phi) is 4.97. The molecule has 4 rings (SSSR count). The third-order valence-electron chi connectivity index (χ3n) is 6.23. The number of benzene rings is 2. The van der Waals surface area contributed by atoms with Crippen LogP contribution in [0.15, 0.2) is 60.7 Å². The molecule has 2 aliphatic carbocycles. The molecule has 0 heterocycles. The topological polar surface area (TPSA) is 20.2 Å². The molecule has 2 atom stereocenters. The Morgan fingerprint density at radius 3 is 1.58 bits per heavy atom. The van der Waals surface area contributed by atoms with Gasteiger partial charge in [0.15, 0.2) is 0 Å². The molecule has 0 saturated heterocycles. The number of allylic oxidation sites excluding steroid dienone is 4. The fourth-order valence-electron chi connectivity index (χ4n) is 4.53. The van der Waals surface area contributed by atoms with Gasteiger partial charge in [-0.05, 0) is 91.7 Å². The summed E-state index contributed by atoms with van der Waals surface area (Å²) >= 11 is 0. The molecule has 0 aromatic heterocycles.